The largest absolute Gasteiger partial charge is 0.497 e. The molecule has 0 bridgehead atoms. The van der Waals surface area contributed by atoms with E-state index < -0.39 is 22.0 Å². The highest BCUT2D eigenvalue weighted by Gasteiger charge is 2.32. The Labute approximate surface area is 183 Å². The number of benzene rings is 2. The number of methoxy groups -OCH3 is 1. The number of para-hydroxylation sites is 1. The maximum atomic E-state index is 13.2. The molecule has 8 nitrogen and oxygen atoms in total. The van der Waals surface area contributed by atoms with Gasteiger partial charge in [-0.1, -0.05) is 31.2 Å². The summed E-state index contributed by atoms with van der Waals surface area (Å²) in [5, 5.41) is 5.37. The average Bonchev–Trinajstić information content (AvgIpc) is 2.75. The van der Waals surface area contributed by atoms with Crippen LogP contribution < -0.4 is 19.7 Å². The van der Waals surface area contributed by atoms with Gasteiger partial charge in [0.25, 0.3) is 5.91 Å². The molecule has 166 valence electrons. The molecular formula is C22H27N3O5S. The molecule has 2 aromatic rings. The first-order chi connectivity index (χ1) is 14.7. The molecule has 0 heterocycles. The number of carbonyl (C=O) groups is 2. The van der Waals surface area contributed by atoms with Crippen molar-refractivity contribution in [2.45, 2.75) is 19.4 Å². The second-order valence-corrected chi connectivity index (χ2v) is 8.58. The molecule has 0 fully saturated rings. The van der Waals surface area contributed by atoms with Gasteiger partial charge in [-0.3, -0.25) is 13.9 Å². The van der Waals surface area contributed by atoms with Crippen LogP contribution in [0.4, 0.5) is 11.4 Å². The predicted octanol–water partition coefficient (Wildman–Crippen LogP) is 2.79. The molecule has 2 N–H and O–H groups in total. The summed E-state index contributed by atoms with van der Waals surface area (Å²) in [5.41, 5.74) is 0.854. The molecule has 1 atom stereocenters. The maximum Gasteiger partial charge on any atom is 0.253 e. The maximum absolute atomic E-state index is 13.2. The summed E-state index contributed by atoms with van der Waals surface area (Å²) < 4.78 is 31.5. The Kier molecular flexibility index (Phi) is 8.21. The van der Waals surface area contributed by atoms with Crippen LogP contribution in [0.3, 0.4) is 0 Å². The fourth-order valence-corrected chi connectivity index (χ4v) is 4.28. The molecule has 0 radical (unpaired) electrons. The van der Waals surface area contributed by atoms with Gasteiger partial charge in [0.05, 0.1) is 30.3 Å². The zero-order valence-corrected chi connectivity index (χ0v) is 18.6. The van der Waals surface area contributed by atoms with Gasteiger partial charge in [-0.15, -0.1) is 6.58 Å². The van der Waals surface area contributed by atoms with Gasteiger partial charge in [-0.2, -0.15) is 0 Å². The minimum absolute atomic E-state index is 0.209. The molecule has 2 amide bonds. The van der Waals surface area contributed by atoms with E-state index in [0.29, 0.717) is 11.4 Å². The van der Waals surface area contributed by atoms with Gasteiger partial charge in [0, 0.05) is 12.6 Å². The van der Waals surface area contributed by atoms with E-state index in [9.17, 15) is 18.0 Å². The number of ether oxygens (including phenoxy) is 1. The van der Waals surface area contributed by atoms with Gasteiger partial charge < -0.3 is 15.4 Å². The van der Waals surface area contributed by atoms with E-state index in [0.717, 1.165) is 10.6 Å². The summed E-state index contributed by atoms with van der Waals surface area (Å²) in [6.07, 6.45) is 2.80. The number of amides is 2. The van der Waals surface area contributed by atoms with Gasteiger partial charge in [-0.25, -0.2) is 8.42 Å². The van der Waals surface area contributed by atoms with Crippen molar-refractivity contribution in [2.24, 2.45) is 0 Å². The lowest BCUT2D eigenvalue weighted by atomic mass is 10.1. The number of hydrogen-bond donors (Lipinski definition) is 2. The number of rotatable bonds is 10. The number of carbonyl (C=O) groups excluding carboxylic acids is 2. The Hall–Kier alpha value is -3.33. The first-order valence-electron chi connectivity index (χ1n) is 9.65. The zero-order valence-electron chi connectivity index (χ0n) is 17.8. The van der Waals surface area contributed by atoms with Gasteiger partial charge in [0.1, 0.15) is 11.8 Å². The highest BCUT2D eigenvalue weighted by molar-refractivity contribution is 7.92. The number of nitrogens with one attached hydrogen (secondary N) is 2. The van der Waals surface area contributed by atoms with Gasteiger partial charge in [0.15, 0.2) is 0 Å². The van der Waals surface area contributed by atoms with Crippen molar-refractivity contribution < 1.29 is 22.7 Å². The summed E-state index contributed by atoms with van der Waals surface area (Å²) in [4.78, 5) is 25.6. The first-order valence-corrected chi connectivity index (χ1v) is 11.5. The molecule has 2 rings (SSSR count). The molecule has 2 aromatic carbocycles. The second-order valence-electron chi connectivity index (χ2n) is 6.72. The van der Waals surface area contributed by atoms with Gasteiger partial charge >= 0.3 is 0 Å². The molecular weight excluding hydrogens is 418 g/mol. The summed E-state index contributed by atoms with van der Waals surface area (Å²) in [5.74, 6) is -0.470. The van der Waals surface area contributed by atoms with E-state index in [4.69, 9.17) is 4.74 Å². The third kappa shape index (κ3) is 6.08. The Morgan fingerprint density at radius 2 is 1.90 bits per heavy atom. The highest BCUT2D eigenvalue weighted by atomic mass is 32.2. The van der Waals surface area contributed by atoms with Crippen molar-refractivity contribution in [1.82, 2.24) is 5.32 Å². The monoisotopic (exact) mass is 445 g/mol. The molecule has 0 unspecified atom stereocenters. The predicted molar refractivity (Wildman–Crippen MR) is 122 cm³/mol. The lowest BCUT2D eigenvalue weighted by molar-refractivity contribution is -0.117. The molecule has 0 aromatic heterocycles. The van der Waals surface area contributed by atoms with Crippen molar-refractivity contribution in [3.8, 4) is 5.75 Å². The SMILES string of the molecule is C=CCNC(=O)c1ccccc1NC(=O)[C@H](CC)N(c1cccc(OC)c1)S(C)(=O)=O. The molecule has 0 aliphatic carbocycles. The third-order valence-electron chi connectivity index (χ3n) is 4.47. The summed E-state index contributed by atoms with van der Waals surface area (Å²) in [6, 6.07) is 12.0. The molecule has 0 aliphatic rings. The topological polar surface area (TPSA) is 105 Å². The van der Waals surface area contributed by atoms with Gasteiger partial charge in [-0.05, 0) is 30.7 Å². The van der Waals surface area contributed by atoms with E-state index in [-0.39, 0.29) is 30.1 Å². The lowest BCUT2D eigenvalue weighted by Gasteiger charge is -2.30. The molecule has 9 heteroatoms. The fraction of sp³-hybridized carbons (Fsp3) is 0.273. The lowest BCUT2D eigenvalue weighted by Crippen LogP contribution is -2.47. The normalized spacial score (nSPS) is 11.8. The Morgan fingerprint density at radius 3 is 2.52 bits per heavy atom. The van der Waals surface area contributed by atoms with E-state index >= 15 is 0 Å². The minimum atomic E-state index is -3.80. The van der Waals surface area contributed by atoms with Crippen molar-refractivity contribution >= 4 is 33.2 Å². The quantitative estimate of drug-likeness (QED) is 0.547. The first kappa shape index (κ1) is 23.9. The molecule has 0 aliphatic heterocycles. The third-order valence-corrected chi connectivity index (χ3v) is 5.65. The fourth-order valence-electron chi connectivity index (χ4n) is 3.07. The van der Waals surface area contributed by atoms with Crippen LogP contribution in [0.5, 0.6) is 5.75 Å². The van der Waals surface area contributed by atoms with Crippen LogP contribution in [0.25, 0.3) is 0 Å². The Morgan fingerprint density at radius 1 is 1.19 bits per heavy atom. The van der Waals surface area contributed by atoms with Crippen LogP contribution in [0.1, 0.15) is 23.7 Å². The van der Waals surface area contributed by atoms with Crippen LogP contribution in [-0.2, 0) is 14.8 Å². The number of hydrogen-bond acceptors (Lipinski definition) is 5. The number of nitrogens with zero attached hydrogens (tertiary/aromatic N) is 1. The van der Waals surface area contributed by atoms with Crippen LogP contribution in [0.15, 0.2) is 61.2 Å². The Balaban J connectivity index is 2.39. The van der Waals surface area contributed by atoms with Crippen LogP contribution in [0, 0.1) is 0 Å². The van der Waals surface area contributed by atoms with Gasteiger partial charge in [0.2, 0.25) is 15.9 Å². The molecule has 0 spiro atoms. The average molecular weight is 446 g/mol. The highest BCUT2D eigenvalue weighted by Crippen LogP contribution is 2.27. The number of anilines is 2. The Bertz CT molecular complexity index is 1050. The summed E-state index contributed by atoms with van der Waals surface area (Å²) in [7, 11) is -2.33. The van der Waals surface area contributed by atoms with E-state index in [2.05, 4.69) is 17.2 Å². The van der Waals surface area contributed by atoms with E-state index in [1.165, 1.54) is 7.11 Å². The van der Waals surface area contributed by atoms with Crippen molar-refractivity contribution in [1.29, 1.82) is 0 Å². The van der Waals surface area contributed by atoms with E-state index in [1.807, 2.05) is 0 Å². The molecule has 0 saturated carbocycles. The van der Waals surface area contributed by atoms with Crippen LogP contribution in [0.2, 0.25) is 0 Å². The number of sulfonamides is 1. The van der Waals surface area contributed by atoms with Crippen LogP contribution in [-0.4, -0.2) is 46.2 Å². The molecule has 31 heavy (non-hydrogen) atoms. The van der Waals surface area contributed by atoms with Crippen LogP contribution >= 0.6 is 0 Å². The minimum Gasteiger partial charge on any atom is -0.497 e. The van der Waals surface area contributed by atoms with E-state index in [1.54, 1.807) is 61.5 Å². The zero-order chi connectivity index (χ0) is 23.0. The summed E-state index contributed by atoms with van der Waals surface area (Å²) >= 11 is 0. The summed E-state index contributed by atoms with van der Waals surface area (Å²) in [6.45, 7) is 5.55. The van der Waals surface area contributed by atoms with Crippen molar-refractivity contribution in [2.75, 3.05) is 29.5 Å². The van der Waals surface area contributed by atoms with Crippen molar-refractivity contribution in [3.63, 3.8) is 0 Å². The standard InChI is InChI=1S/C22H27N3O5S/c1-5-14-23-21(26)18-12-7-8-13-19(18)24-22(27)20(6-2)25(31(4,28)29)16-10-9-11-17(15-16)30-3/h5,7-13,15,20H,1,6,14H2,2-4H3,(H,23,26)(H,24,27)/t20-/m0/s1. The van der Waals surface area contributed by atoms with Crippen molar-refractivity contribution in [3.05, 3.63) is 66.7 Å². The second kappa shape index (κ2) is 10.6. The molecule has 0 saturated heterocycles. The smallest absolute Gasteiger partial charge is 0.253 e.